The normalized spacial score (nSPS) is 11.6. The first-order chi connectivity index (χ1) is 67.3. The SMILES string of the molecule is Brc1c(Br)c2ncccc2c2cccnc12.Brc1ccccc1P(c1ccccc1)c1ccccc1Br.O=CO[O-].O=P1(c2ccccc2)c2ccccc2-c2c(c3ncccc3c3cccnc23)-c2ccccc21.OB(O)B(O)O.OB(O)c1c(B(O)O)c2ncccc2c2cccnc12.[3H]CP=S.[H-].[Na+].[Na+].c1ccc(P2c3ccccc3-c3c(c4ncccc4c4cccnc34)-c3ccccc32)cc1. The van der Waals surface area contributed by atoms with Crippen LogP contribution in [-0.2, 0) is 26.1 Å². The molecule has 8 N–H and O–H groups in total. The van der Waals surface area contributed by atoms with Crippen molar-refractivity contribution >= 4 is 286 Å². The number of halogens is 4. The Morgan fingerprint density at radius 2 is 0.640 bits per heavy atom. The molecular weight excluding hydrogens is 2120 g/mol. The van der Waals surface area contributed by atoms with Crippen molar-refractivity contribution < 1.29 is 122 Å². The average Bonchev–Trinajstić information content (AvgIpc) is 1.57. The van der Waals surface area contributed by atoms with Crippen LogP contribution in [0.3, 0.4) is 0 Å². The van der Waals surface area contributed by atoms with Crippen LogP contribution in [0.25, 0.3) is 132 Å². The zero-order chi connectivity index (χ0) is 96.5. The summed E-state index contributed by atoms with van der Waals surface area (Å²) in [6, 6.07) is 114. The summed E-state index contributed by atoms with van der Waals surface area (Å²) in [6.45, 7) is 0.176. The van der Waals surface area contributed by atoms with Gasteiger partial charge in [-0.1, -0.05) is 317 Å². The van der Waals surface area contributed by atoms with Gasteiger partial charge in [-0.25, -0.2) is 0 Å². The Morgan fingerprint density at radius 1 is 0.374 bits per heavy atom. The summed E-state index contributed by atoms with van der Waals surface area (Å²) in [5.74, 6) is 0. The van der Waals surface area contributed by atoms with Crippen molar-refractivity contribution in [3.05, 3.63) is 401 Å². The maximum atomic E-state index is 15.4. The molecule has 0 radical (unpaired) electrons. The summed E-state index contributed by atoms with van der Waals surface area (Å²) in [6.07, 6.45) is 14.1. The number of rotatable bonds is 9. The predicted molar refractivity (Wildman–Crippen MR) is 580 cm³/mol. The average molecular weight is 2200 g/mol. The third kappa shape index (κ3) is 22.1. The van der Waals surface area contributed by atoms with Crippen LogP contribution in [0.5, 0.6) is 0 Å². The van der Waals surface area contributed by atoms with Crippen molar-refractivity contribution in [3.63, 3.8) is 0 Å². The van der Waals surface area contributed by atoms with Gasteiger partial charge in [0.15, 0.2) is 7.14 Å². The van der Waals surface area contributed by atoms with E-state index in [9.17, 15) is 20.1 Å². The van der Waals surface area contributed by atoms with Crippen LogP contribution >= 0.6 is 94.1 Å². The first-order valence-corrected chi connectivity index (χ1v) is 51.9. The fourth-order valence-electron chi connectivity index (χ4n) is 17.0. The summed E-state index contributed by atoms with van der Waals surface area (Å²) in [4.78, 5) is 47.9. The smallest absolute Gasteiger partial charge is 1.00 e. The molecule has 0 unspecified atom stereocenters. The van der Waals surface area contributed by atoms with Crippen molar-refractivity contribution in [1.82, 2.24) is 39.9 Å². The minimum Gasteiger partial charge on any atom is -1.00 e. The number of pyridine rings is 8. The molecule has 21 aromatic rings. The van der Waals surface area contributed by atoms with Crippen LogP contribution in [0.15, 0.2) is 401 Å². The third-order valence-electron chi connectivity index (χ3n) is 22.5. The van der Waals surface area contributed by atoms with E-state index in [0.29, 0.717) is 28.4 Å². The molecule has 139 heavy (non-hydrogen) atoms. The van der Waals surface area contributed by atoms with E-state index in [1.165, 1.54) is 66.5 Å². The number of carbonyl (C=O) groups excluding carboxylic acids is 1. The van der Waals surface area contributed by atoms with Gasteiger partial charge in [-0.15, -0.1) is 0 Å². The maximum absolute atomic E-state index is 15.4. The Kier molecular flexibility index (Phi) is 36.6. The quantitative estimate of drug-likeness (QED) is 0.0166. The molecule has 8 aromatic heterocycles. The van der Waals surface area contributed by atoms with E-state index in [0.717, 1.165) is 129 Å². The van der Waals surface area contributed by atoms with E-state index in [1.807, 2.05) is 128 Å². The van der Waals surface area contributed by atoms with E-state index in [2.05, 4.69) is 307 Å². The van der Waals surface area contributed by atoms with E-state index in [-0.39, 0.29) is 77.9 Å². The van der Waals surface area contributed by atoms with E-state index < -0.39 is 51.2 Å². The summed E-state index contributed by atoms with van der Waals surface area (Å²) in [5.41, 5.74) is 15.2. The van der Waals surface area contributed by atoms with Gasteiger partial charge in [0, 0.05) is 152 Å². The van der Waals surface area contributed by atoms with Crippen LogP contribution in [0.1, 0.15) is 2.80 Å². The second-order valence-corrected chi connectivity index (χ2v) is 41.6. The fraction of sp³-hybridized carbons (Fsp3) is 0.00962. The first-order valence-electron chi connectivity index (χ1n) is 43.0. The number of carbonyl (C=O) groups is 1. The zero-order valence-electron chi connectivity index (χ0n) is 76.0. The predicted octanol–water partition coefficient (Wildman–Crippen LogP) is 10.3. The molecule has 0 saturated carbocycles. The molecule has 672 valence electrons. The summed E-state index contributed by atoms with van der Waals surface area (Å²) in [7, 11) is -11.6. The Hall–Kier alpha value is -9.96. The van der Waals surface area contributed by atoms with Gasteiger partial charge in [-0.2, -0.15) is 0 Å². The molecule has 10 heterocycles. The molecule has 0 aliphatic carbocycles. The number of fused-ring (bicyclic) bond motifs is 26. The van der Waals surface area contributed by atoms with Gasteiger partial charge in [0.05, 0.1) is 53.1 Å². The summed E-state index contributed by atoms with van der Waals surface area (Å²) < 4.78 is 26.0. The van der Waals surface area contributed by atoms with Gasteiger partial charge < -0.3 is 56.3 Å². The van der Waals surface area contributed by atoms with E-state index in [1.54, 1.807) is 36.7 Å². The minimum atomic E-state index is -3.18. The van der Waals surface area contributed by atoms with Crippen molar-refractivity contribution in [3.8, 4) is 44.5 Å². The maximum Gasteiger partial charge on any atom is 1.00 e. The first kappa shape index (κ1) is 103. The molecule has 23 rings (SSSR count). The van der Waals surface area contributed by atoms with Gasteiger partial charge in [0.2, 0.25) is 0 Å². The Balaban J connectivity index is 0.000000146. The van der Waals surface area contributed by atoms with E-state index in [4.69, 9.17) is 51.5 Å². The molecule has 13 aromatic carbocycles. The second-order valence-electron chi connectivity index (χ2n) is 30.3. The molecule has 35 heteroatoms. The van der Waals surface area contributed by atoms with Crippen LogP contribution < -0.4 is 123 Å². The largest absolute Gasteiger partial charge is 1.00 e. The zero-order valence-corrected chi connectivity index (χ0v) is 88.7. The van der Waals surface area contributed by atoms with Crippen LogP contribution in [0.4, 0.5) is 0 Å². The molecule has 20 nitrogen and oxygen atoms in total. The molecule has 2 aliphatic heterocycles. The van der Waals surface area contributed by atoms with Gasteiger partial charge in [0.1, 0.15) is 0 Å². The number of aromatic nitrogens is 8. The Morgan fingerprint density at radius 3 is 0.964 bits per heavy atom. The van der Waals surface area contributed by atoms with Crippen molar-refractivity contribution in [2.45, 2.75) is 0 Å². The van der Waals surface area contributed by atoms with Gasteiger partial charge in [0.25, 0.3) is 6.47 Å². The Labute approximate surface area is 890 Å². The van der Waals surface area contributed by atoms with Crippen LogP contribution in [0.2, 0.25) is 0 Å². The summed E-state index contributed by atoms with van der Waals surface area (Å²) in [5, 5.41) is 96.1. The molecule has 0 fully saturated rings. The van der Waals surface area contributed by atoms with Gasteiger partial charge in [-0.05, 0) is 176 Å². The molecular formula is C104H76B4Br4N8Na2O12P4S. The minimum absolute atomic E-state index is 0. The van der Waals surface area contributed by atoms with Crippen molar-refractivity contribution in [2.24, 2.45) is 0 Å². The number of hydrogen-bond acceptors (Lipinski definition) is 21. The van der Waals surface area contributed by atoms with Crippen LogP contribution in [-0.4, -0.2) is 121 Å². The molecule has 0 bridgehead atoms. The number of hydrogen-bond donors (Lipinski definition) is 8. The molecule has 0 saturated heterocycles. The van der Waals surface area contributed by atoms with Crippen molar-refractivity contribution in [1.29, 1.82) is 0 Å². The Bertz CT molecular complexity index is 7720. The van der Waals surface area contributed by atoms with Gasteiger partial charge in [-0.3, -0.25) is 44.7 Å². The number of benzene rings is 13. The molecule has 0 amide bonds. The van der Waals surface area contributed by atoms with Crippen LogP contribution in [0, 0.1) is 0 Å². The topological polar surface area (TPSA) is 331 Å². The standard InChI is InChI=1S/C30H19N2OP.C30H19N2P.C18H13Br2P.C12H10B2N2O4.C12H6Br2N2.CH2O3.CH3PS.B2H4O4.2Na.H/c33-34(20-10-2-1-3-11-20)25-16-6-4-12-23(25)27-28(24-13-5-7-17-26(24)34)30-22(15-9-19-32-30)21-14-8-18-31-29(21)27;1-2-10-20(11-3-1)33-25-16-6-4-12-23(25)27-28(24-13-5-7-17-26(24)33)30-22(15-9-19-32-30)21-14-8-18-31-29(21)27;19-15-10-4-6-12-17(15)21(14-8-2-1-3-9-14)18-13-7-5-11-16(18)20;17-13(18)9-10(14(19)20)12-8(4-2-6-16-12)7-3-1-5-15-11(7)9;13-9-10(14)12-8(4-2-6-16-12)7-3-1-5-15-11(7)9;2-1-4-3;1-2-3;3-1(4)2(5)6;;;/h1-19H;1-19H;1-13H;1-6,17-20H;1-6H;1,3H;1H3;3-6H;;;/q;;;;;;;;2*+1;-1/p-1/i;;;;;;1T;;;;. The fourth-order valence-corrected chi connectivity index (χ4v) is 27.7. The summed E-state index contributed by atoms with van der Waals surface area (Å²) >= 11 is 18.9. The molecule has 0 atom stereocenters. The molecule has 2 aliphatic rings. The van der Waals surface area contributed by atoms with Gasteiger partial charge >= 0.3 is 87.4 Å². The third-order valence-corrected chi connectivity index (χ3v) is 34.8. The molecule has 0 spiro atoms. The van der Waals surface area contributed by atoms with Crippen molar-refractivity contribution in [2.75, 3.05) is 6.64 Å². The monoisotopic (exact) mass is 2190 g/mol. The number of nitrogens with zero attached hydrogens (tertiary/aromatic N) is 8. The van der Waals surface area contributed by atoms with E-state index >= 15 is 4.57 Å². The second kappa shape index (κ2) is 49.2.